The van der Waals surface area contributed by atoms with Crippen molar-refractivity contribution in [2.45, 2.75) is 39.8 Å². The Morgan fingerprint density at radius 1 is 0.925 bits per heavy atom. The molecule has 0 spiro atoms. The van der Waals surface area contributed by atoms with Crippen LogP contribution in [0.1, 0.15) is 30.5 Å². The molecule has 0 saturated carbocycles. The highest BCUT2D eigenvalue weighted by Gasteiger charge is 2.33. The van der Waals surface area contributed by atoms with Crippen LogP contribution in [0.4, 0.5) is 5.69 Å². The van der Waals surface area contributed by atoms with Gasteiger partial charge >= 0.3 is 0 Å². The molecule has 0 saturated heterocycles. The summed E-state index contributed by atoms with van der Waals surface area (Å²) in [6.07, 6.45) is 1.25. The predicted molar refractivity (Wildman–Crippen MR) is 162 cm³/mol. The van der Waals surface area contributed by atoms with E-state index in [1.807, 2.05) is 75.4 Å². The van der Waals surface area contributed by atoms with Crippen LogP contribution >= 0.6 is 23.2 Å². The van der Waals surface area contributed by atoms with Gasteiger partial charge in [-0.3, -0.25) is 13.9 Å². The van der Waals surface area contributed by atoms with Crippen molar-refractivity contribution in [1.29, 1.82) is 0 Å². The Labute approximate surface area is 247 Å². The summed E-state index contributed by atoms with van der Waals surface area (Å²) in [5.41, 5.74) is 2.77. The van der Waals surface area contributed by atoms with Gasteiger partial charge in [-0.1, -0.05) is 103 Å². The number of benzene rings is 3. The maximum atomic E-state index is 14.1. The highest BCUT2D eigenvalue weighted by molar-refractivity contribution is 7.92. The molecule has 0 heterocycles. The summed E-state index contributed by atoms with van der Waals surface area (Å²) in [5, 5.41) is 3.14. The summed E-state index contributed by atoms with van der Waals surface area (Å²) >= 11 is 12.5. The van der Waals surface area contributed by atoms with E-state index in [0.717, 1.165) is 27.3 Å². The molecule has 0 aromatic heterocycles. The number of sulfonamides is 1. The first-order valence-corrected chi connectivity index (χ1v) is 15.6. The summed E-state index contributed by atoms with van der Waals surface area (Å²) in [6.45, 7) is 5.90. The summed E-state index contributed by atoms with van der Waals surface area (Å²) < 4.78 is 26.7. The van der Waals surface area contributed by atoms with Crippen molar-refractivity contribution in [1.82, 2.24) is 10.2 Å². The van der Waals surface area contributed by atoms with E-state index in [4.69, 9.17) is 23.2 Å². The van der Waals surface area contributed by atoms with Gasteiger partial charge in [-0.25, -0.2) is 8.42 Å². The summed E-state index contributed by atoms with van der Waals surface area (Å²) in [5.74, 6) is -0.665. The number of carbonyl (C=O) groups excluding carboxylic acids is 2. The first-order valence-electron chi connectivity index (χ1n) is 12.9. The third kappa shape index (κ3) is 8.71. The van der Waals surface area contributed by atoms with Crippen LogP contribution in [0.25, 0.3) is 0 Å². The second kappa shape index (κ2) is 14.0. The van der Waals surface area contributed by atoms with E-state index in [-0.39, 0.29) is 40.5 Å². The fourth-order valence-electron chi connectivity index (χ4n) is 4.26. The van der Waals surface area contributed by atoms with Gasteiger partial charge in [0, 0.05) is 19.5 Å². The fraction of sp³-hybridized carbons (Fsp3) is 0.333. The smallest absolute Gasteiger partial charge is 0.244 e. The van der Waals surface area contributed by atoms with Crippen molar-refractivity contribution in [2.24, 2.45) is 5.92 Å². The number of halogens is 2. The van der Waals surface area contributed by atoms with Crippen LogP contribution in [0.2, 0.25) is 10.0 Å². The molecule has 0 fully saturated rings. The molecule has 0 radical (unpaired) electrons. The molecule has 3 aromatic rings. The zero-order valence-electron chi connectivity index (χ0n) is 23.1. The van der Waals surface area contributed by atoms with Gasteiger partial charge < -0.3 is 10.2 Å². The Kier molecular flexibility index (Phi) is 11.0. The molecular formula is C30H35Cl2N3O4S. The lowest BCUT2D eigenvalue weighted by Gasteiger charge is -2.34. The number of nitrogens with zero attached hydrogens (tertiary/aromatic N) is 2. The molecule has 0 bridgehead atoms. The maximum Gasteiger partial charge on any atom is 0.244 e. The molecule has 1 N–H and O–H groups in total. The predicted octanol–water partition coefficient (Wildman–Crippen LogP) is 5.48. The van der Waals surface area contributed by atoms with Crippen molar-refractivity contribution in [3.05, 3.63) is 99.5 Å². The number of aryl methyl sites for hydroxylation is 1. The number of rotatable bonds is 12. The molecule has 7 nitrogen and oxygen atoms in total. The molecule has 2 amide bonds. The van der Waals surface area contributed by atoms with Crippen LogP contribution < -0.4 is 9.62 Å². The summed E-state index contributed by atoms with van der Waals surface area (Å²) in [6, 6.07) is 20.7. The van der Waals surface area contributed by atoms with Crippen molar-refractivity contribution >= 4 is 50.7 Å². The molecule has 214 valence electrons. The number of hydrogen-bond donors (Lipinski definition) is 1. The molecule has 0 unspecified atom stereocenters. The number of amides is 2. The molecular weight excluding hydrogens is 569 g/mol. The average Bonchev–Trinajstić information content (AvgIpc) is 2.89. The van der Waals surface area contributed by atoms with Gasteiger partial charge in [0.25, 0.3) is 0 Å². The van der Waals surface area contributed by atoms with Crippen LogP contribution in [0, 0.1) is 12.8 Å². The van der Waals surface area contributed by atoms with Gasteiger partial charge in [-0.05, 0) is 36.1 Å². The van der Waals surface area contributed by atoms with Gasteiger partial charge in [0.1, 0.15) is 12.6 Å². The Morgan fingerprint density at radius 2 is 1.57 bits per heavy atom. The van der Waals surface area contributed by atoms with Crippen LogP contribution in [-0.4, -0.2) is 50.5 Å². The minimum atomic E-state index is -3.95. The minimum absolute atomic E-state index is 0.0168. The van der Waals surface area contributed by atoms with Crippen LogP contribution in [-0.2, 0) is 32.6 Å². The number of anilines is 1. The van der Waals surface area contributed by atoms with E-state index in [0.29, 0.717) is 6.54 Å². The average molecular weight is 605 g/mol. The highest BCUT2D eigenvalue weighted by atomic mass is 35.5. The standard InChI is InChI=1S/C30H35Cl2N3O4S/c1-21(2)18-33-30(37)27(17-23-11-6-5-7-12-23)34(19-24-13-8-10-22(3)16-24)28(36)20-35(40(4,38)39)26-15-9-14-25(31)29(26)32/h5-16,21,27H,17-20H2,1-4H3,(H,33,37)/t27-/m0/s1. The first-order chi connectivity index (χ1) is 18.9. The number of carbonyl (C=O) groups is 2. The second-order valence-electron chi connectivity index (χ2n) is 10.2. The van der Waals surface area contributed by atoms with Gasteiger partial charge in [0.05, 0.1) is 22.0 Å². The van der Waals surface area contributed by atoms with Crippen LogP contribution in [0.5, 0.6) is 0 Å². The van der Waals surface area contributed by atoms with E-state index in [1.54, 1.807) is 6.07 Å². The topological polar surface area (TPSA) is 86.8 Å². The lowest BCUT2D eigenvalue weighted by Crippen LogP contribution is -2.53. The van der Waals surface area contributed by atoms with Crippen LogP contribution in [0.3, 0.4) is 0 Å². The lowest BCUT2D eigenvalue weighted by molar-refractivity contribution is -0.140. The molecule has 1 atom stereocenters. The Morgan fingerprint density at radius 3 is 2.20 bits per heavy atom. The maximum absolute atomic E-state index is 14.1. The third-order valence-electron chi connectivity index (χ3n) is 6.27. The molecule has 0 aliphatic rings. The molecule has 3 rings (SSSR count). The van der Waals surface area contributed by atoms with Crippen molar-refractivity contribution in [3.63, 3.8) is 0 Å². The van der Waals surface area contributed by atoms with Gasteiger partial charge in [0.2, 0.25) is 21.8 Å². The zero-order chi connectivity index (χ0) is 29.4. The molecule has 3 aromatic carbocycles. The first kappa shape index (κ1) is 31.5. The van der Waals surface area contributed by atoms with E-state index < -0.39 is 28.5 Å². The van der Waals surface area contributed by atoms with Gasteiger partial charge in [-0.15, -0.1) is 0 Å². The zero-order valence-corrected chi connectivity index (χ0v) is 25.4. The van der Waals surface area contributed by atoms with Crippen molar-refractivity contribution < 1.29 is 18.0 Å². The van der Waals surface area contributed by atoms with E-state index in [1.165, 1.54) is 17.0 Å². The lowest BCUT2D eigenvalue weighted by atomic mass is 10.0. The van der Waals surface area contributed by atoms with Crippen molar-refractivity contribution in [3.8, 4) is 0 Å². The SMILES string of the molecule is Cc1cccc(CN(C(=O)CN(c2cccc(Cl)c2Cl)S(C)(=O)=O)[C@@H](Cc2ccccc2)C(=O)NCC(C)C)c1. The number of nitrogens with one attached hydrogen (secondary N) is 1. The monoisotopic (exact) mass is 603 g/mol. The molecule has 10 heteroatoms. The fourth-order valence-corrected chi connectivity index (χ4v) is 5.57. The van der Waals surface area contributed by atoms with E-state index in [9.17, 15) is 18.0 Å². The second-order valence-corrected chi connectivity index (χ2v) is 12.9. The highest BCUT2D eigenvalue weighted by Crippen LogP contribution is 2.34. The molecule has 40 heavy (non-hydrogen) atoms. The Hall–Kier alpha value is -3.07. The Balaban J connectivity index is 2.07. The minimum Gasteiger partial charge on any atom is -0.354 e. The summed E-state index contributed by atoms with van der Waals surface area (Å²) in [7, 11) is -3.95. The largest absolute Gasteiger partial charge is 0.354 e. The quantitative estimate of drug-likeness (QED) is 0.297. The van der Waals surface area contributed by atoms with Crippen LogP contribution in [0.15, 0.2) is 72.8 Å². The van der Waals surface area contributed by atoms with Gasteiger partial charge in [0.15, 0.2) is 0 Å². The Bertz CT molecular complexity index is 1430. The summed E-state index contributed by atoms with van der Waals surface area (Å²) in [4.78, 5) is 29.2. The van der Waals surface area contributed by atoms with E-state index in [2.05, 4.69) is 5.32 Å². The van der Waals surface area contributed by atoms with E-state index >= 15 is 0 Å². The molecule has 0 aliphatic carbocycles. The number of hydrogen-bond acceptors (Lipinski definition) is 4. The van der Waals surface area contributed by atoms with Gasteiger partial charge in [-0.2, -0.15) is 0 Å². The third-order valence-corrected chi connectivity index (χ3v) is 8.21. The normalized spacial score (nSPS) is 12.2. The van der Waals surface area contributed by atoms with Crippen molar-refractivity contribution in [2.75, 3.05) is 23.7 Å². The molecule has 0 aliphatic heterocycles.